The molecule has 1 saturated heterocycles. The number of nitrogens with zero attached hydrogens (tertiary/aromatic N) is 1. The molecule has 0 radical (unpaired) electrons. The highest BCUT2D eigenvalue weighted by atomic mass is 35.5. The monoisotopic (exact) mass is 480 g/mol. The van der Waals surface area contributed by atoms with Crippen LogP contribution in [0.25, 0.3) is 0 Å². The zero-order valence-corrected chi connectivity index (χ0v) is 19.4. The maximum absolute atomic E-state index is 13.0. The molecule has 0 bridgehead atoms. The van der Waals surface area contributed by atoms with Crippen molar-refractivity contribution in [3.05, 3.63) is 64.2 Å². The van der Waals surface area contributed by atoms with Crippen LogP contribution in [0.3, 0.4) is 0 Å². The number of amides is 1. The third kappa shape index (κ3) is 5.86. The molecule has 0 saturated carbocycles. The number of aryl methyl sites for hydroxylation is 1. The molecule has 2 aromatic rings. The highest BCUT2D eigenvalue weighted by Gasteiger charge is 2.28. The molecule has 1 amide bonds. The molecule has 0 aromatic heterocycles. The number of halogens is 1. The quantitative estimate of drug-likeness (QED) is 0.611. The van der Waals surface area contributed by atoms with Gasteiger partial charge in [-0.3, -0.25) is 4.79 Å². The van der Waals surface area contributed by atoms with E-state index in [-0.39, 0.29) is 29.6 Å². The van der Waals surface area contributed by atoms with E-state index in [1.54, 1.807) is 44.2 Å². The van der Waals surface area contributed by atoms with Crippen molar-refractivity contribution in [1.82, 2.24) is 9.62 Å². The van der Waals surface area contributed by atoms with Crippen LogP contribution in [0.2, 0.25) is 5.02 Å². The van der Waals surface area contributed by atoms with E-state index in [9.17, 15) is 18.0 Å². The molecular weight excluding hydrogens is 456 g/mol. The van der Waals surface area contributed by atoms with Crippen LogP contribution in [-0.2, 0) is 24.3 Å². The lowest BCUT2D eigenvalue weighted by Gasteiger charge is -2.26. The van der Waals surface area contributed by atoms with E-state index in [4.69, 9.17) is 21.1 Å². The van der Waals surface area contributed by atoms with Gasteiger partial charge in [0.15, 0.2) is 6.61 Å². The number of carbonyl (C=O) groups excluding carboxylic acids is 2. The standard InChI is InChI=1S/C22H25ClN2O6S/c1-15-3-4-18(13-20(15)32(28,29)25-9-11-30-12-10-25)22(27)31-14-21(26)24-16(2)17-5-7-19(23)8-6-17/h3-8,13,16H,9-12,14H2,1-2H3,(H,24,26). The van der Waals surface area contributed by atoms with Gasteiger partial charge in [0.1, 0.15) is 0 Å². The van der Waals surface area contributed by atoms with Crippen LogP contribution in [0.15, 0.2) is 47.4 Å². The molecule has 32 heavy (non-hydrogen) atoms. The molecule has 1 atom stereocenters. The first kappa shape index (κ1) is 24.2. The molecule has 2 aromatic carbocycles. The molecular formula is C22H25ClN2O6S. The molecule has 172 valence electrons. The fraction of sp³-hybridized carbons (Fsp3) is 0.364. The number of carbonyl (C=O) groups is 2. The minimum atomic E-state index is -3.77. The second-order valence-electron chi connectivity index (χ2n) is 7.41. The fourth-order valence-electron chi connectivity index (χ4n) is 3.26. The predicted octanol–water partition coefficient (Wildman–Crippen LogP) is 2.70. The highest BCUT2D eigenvalue weighted by molar-refractivity contribution is 7.89. The van der Waals surface area contributed by atoms with E-state index >= 15 is 0 Å². The maximum atomic E-state index is 13.0. The summed E-state index contributed by atoms with van der Waals surface area (Å²) in [5, 5.41) is 3.33. The van der Waals surface area contributed by atoms with Crippen molar-refractivity contribution < 1.29 is 27.5 Å². The van der Waals surface area contributed by atoms with Gasteiger partial charge in [0.25, 0.3) is 5.91 Å². The van der Waals surface area contributed by atoms with E-state index in [1.807, 2.05) is 0 Å². The van der Waals surface area contributed by atoms with E-state index < -0.39 is 28.5 Å². The highest BCUT2D eigenvalue weighted by Crippen LogP contribution is 2.23. The van der Waals surface area contributed by atoms with Crippen LogP contribution in [0.4, 0.5) is 0 Å². The van der Waals surface area contributed by atoms with Crippen LogP contribution in [0, 0.1) is 6.92 Å². The van der Waals surface area contributed by atoms with Crippen molar-refractivity contribution in [2.24, 2.45) is 0 Å². The van der Waals surface area contributed by atoms with Crippen molar-refractivity contribution >= 4 is 33.5 Å². The van der Waals surface area contributed by atoms with Crippen molar-refractivity contribution in [3.8, 4) is 0 Å². The lowest BCUT2D eigenvalue weighted by molar-refractivity contribution is -0.124. The molecule has 1 aliphatic heterocycles. The average Bonchev–Trinajstić information content (AvgIpc) is 2.78. The van der Waals surface area contributed by atoms with Crippen LogP contribution < -0.4 is 5.32 Å². The Kier molecular flexibility index (Phi) is 7.89. The van der Waals surface area contributed by atoms with Crippen LogP contribution in [-0.4, -0.2) is 57.5 Å². The summed E-state index contributed by atoms with van der Waals surface area (Å²) in [5.41, 5.74) is 1.43. The molecule has 0 aliphatic carbocycles. The summed E-state index contributed by atoms with van der Waals surface area (Å²) in [5.74, 6) is -1.26. The number of hydrogen-bond donors (Lipinski definition) is 1. The summed E-state index contributed by atoms with van der Waals surface area (Å²) in [6, 6.07) is 11.0. The number of nitrogens with one attached hydrogen (secondary N) is 1. The van der Waals surface area contributed by atoms with Gasteiger partial charge in [0.2, 0.25) is 10.0 Å². The molecule has 1 N–H and O–H groups in total. The Morgan fingerprint density at radius 2 is 1.81 bits per heavy atom. The smallest absolute Gasteiger partial charge is 0.338 e. The zero-order valence-electron chi connectivity index (χ0n) is 17.8. The van der Waals surface area contributed by atoms with Gasteiger partial charge >= 0.3 is 5.97 Å². The number of benzene rings is 2. The molecule has 3 rings (SSSR count). The van der Waals surface area contributed by atoms with Gasteiger partial charge < -0.3 is 14.8 Å². The summed E-state index contributed by atoms with van der Waals surface area (Å²) < 4.78 is 37.6. The topological polar surface area (TPSA) is 102 Å². The first-order chi connectivity index (χ1) is 15.2. The van der Waals surface area contributed by atoms with Gasteiger partial charge in [-0.05, 0) is 49.2 Å². The molecule has 1 heterocycles. The van der Waals surface area contributed by atoms with Gasteiger partial charge in [0.05, 0.1) is 29.7 Å². The number of morpholine rings is 1. The van der Waals surface area contributed by atoms with Gasteiger partial charge in [-0.1, -0.05) is 29.8 Å². The maximum Gasteiger partial charge on any atom is 0.338 e. The third-order valence-corrected chi connectivity index (χ3v) is 7.39. The number of sulfonamides is 1. The minimum absolute atomic E-state index is 0.0367. The van der Waals surface area contributed by atoms with Gasteiger partial charge in [-0.2, -0.15) is 4.31 Å². The summed E-state index contributed by atoms with van der Waals surface area (Å²) in [6.45, 7) is 4.12. The zero-order chi connectivity index (χ0) is 23.3. The first-order valence-corrected chi connectivity index (χ1v) is 11.9. The summed E-state index contributed by atoms with van der Waals surface area (Å²) in [6.07, 6.45) is 0. The van der Waals surface area contributed by atoms with Crippen LogP contribution >= 0.6 is 11.6 Å². The van der Waals surface area contributed by atoms with Gasteiger partial charge in [-0.15, -0.1) is 0 Å². The second kappa shape index (κ2) is 10.4. The van der Waals surface area contributed by atoms with Gasteiger partial charge in [0, 0.05) is 18.1 Å². The Morgan fingerprint density at radius 3 is 2.47 bits per heavy atom. The molecule has 1 unspecified atom stereocenters. The predicted molar refractivity (Wildman–Crippen MR) is 119 cm³/mol. The van der Waals surface area contributed by atoms with E-state index in [0.717, 1.165) is 5.56 Å². The Morgan fingerprint density at radius 1 is 1.16 bits per heavy atom. The summed E-state index contributed by atoms with van der Waals surface area (Å²) >= 11 is 5.87. The molecule has 0 spiro atoms. The van der Waals surface area contributed by atoms with Crippen molar-refractivity contribution in [1.29, 1.82) is 0 Å². The van der Waals surface area contributed by atoms with Gasteiger partial charge in [-0.25, -0.2) is 13.2 Å². The molecule has 8 nitrogen and oxygen atoms in total. The van der Waals surface area contributed by atoms with Crippen molar-refractivity contribution in [2.75, 3.05) is 32.9 Å². The number of esters is 1. The Balaban J connectivity index is 1.63. The number of rotatable bonds is 7. The molecule has 1 aliphatic rings. The summed E-state index contributed by atoms with van der Waals surface area (Å²) in [4.78, 5) is 24.7. The second-order valence-corrected chi connectivity index (χ2v) is 9.76. The number of ether oxygens (including phenoxy) is 2. The van der Waals surface area contributed by atoms with Crippen molar-refractivity contribution in [2.45, 2.75) is 24.8 Å². The van der Waals surface area contributed by atoms with E-state index in [1.165, 1.54) is 16.4 Å². The van der Waals surface area contributed by atoms with Crippen molar-refractivity contribution in [3.63, 3.8) is 0 Å². The lowest BCUT2D eigenvalue weighted by atomic mass is 10.1. The van der Waals surface area contributed by atoms with Crippen LogP contribution in [0.1, 0.15) is 34.5 Å². The third-order valence-electron chi connectivity index (χ3n) is 5.09. The average molecular weight is 481 g/mol. The SMILES string of the molecule is Cc1ccc(C(=O)OCC(=O)NC(C)c2ccc(Cl)cc2)cc1S(=O)(=O)N1CCOCC1. The Bertz CT molecular complexity index is 1080. The number of hydrogen-bond acceptors (Lipinski definition) is 6. The molecule has 1 fully saturated rings. The lowest BCUT2D eigenvalue weighted by Crippen LogP contribution is -2.40. The summed E-state index contributed by atoms with van der Waals surface area (Å²) in [7, 11) is -3.77. The first-order valence-electron chi connectivity index (χ1n) is 10.1. The van der Waals surface area contributed by atoms with E-state index in [0.29, 0.717) is 23.8 Å². The van der Waals surface area contributed by atoms with Crippen LogP contribution in [0.5, 0.6) is 0 Å². The minimum Gasteiger partial charge on any atom is -0.452 e. The Hall–Kier alpha value is -2.46. The molecule has 10 heteroatoms. The van der Waals surface area contributed by atoms with E-state index in [2.05, 4.69) is 5.32 Å². The largest absolute Gasteiger partial charge is 0.452 e. The normalized spacial score (nSPS) is 15.7. The fourth-order valence-corrected chi connectivity index (χ4v) is 5.05. The Labute approximate surface area is 192 Å².